The molecule has 1 aromatic heterocycles. The Bertz CT molecular complexity index is 877. The van der Waals surface area contributed by atoms with Crippen LogP contribution in [-0.2, 0) is 0 Å². The molecule has 4 heteroatoms. The lowest BCUT2D eigenvalue weighted by Gasteiger charge is -2.25. The summed E-state index contributed by atoms with van der Waals surface area (Å²) >= 11 is 0. The highest BCUT2D eigenvalue weighted by atomic mass is 19.1. The van der Waals surface area contributed by atoms with Gasteiger partial charge in [0.2, 0.25) is 0 Å². The molecule has 0 N–H and O–H groups in total. The molecule has 0 amide bonds. The highest BCUT2D eigenvalue weighted by molar-refractivity contribution is 6.13. The minimum atomic E-state index is -0.427. The molecular formula is C18H12FNO2. The van der Waals surface area contributed by atoms with Crippen LogP contribution in [0.4, 0.5) is 4.39 Å². The zero-order valence-corrected chi connectivity index (χ0v) is 11.6. The number of aromatic nitrogens is 1. The van der Waals surface area contributed by atoms with Crippen molar-refractivity contribution in [1.29, 1.82) is 0 Å². The Morgan fingerprint density at radius 3 is 2.86 bits per heavy atom. The molecule has 0 bridgehead atoms. The molecule has 0 radical (unpaired) electrons. The fourth-order valence-corrected chi connectivity index (χ4v) is 2.88. The van der Waals surface area contributed by atoms with Gasteiger partial charge >= 0.3 is 0 Å². The molecule has 1 atom stereocenters. The number of fused-ring (bicyclic) bond motifs is 3. The van der Waals surface area contributed by atoms with Crippen LogP contribution in [-0.4, -0.2) is 17.4 Å². The van der Waals surface area contributed by atoms with Crippen LogP contribution >= 0.6 is 0 Å². The predicted octanol–water partition coefficient (Wildman–Crippen LogP) is 3.73. The van der Waals surface area contributed by atoms with E-state index < -0.39 is 5.92 Å². The van der Waals surface area contributed by atoms with Crippen molar-refractivity contribution in [2.24, 2.45) is 0 Å². The minimum absolute atomic E-state index is 0.0304. The monoisotopic (exact) mass is 293 g/mol. The fraction of sp³-hybridized carbons (Fsp3) is 0.111. The van der Waals surface area contributed by atoms with Crippen molar-refractivity contribution in [3.05, 3.63) is 71.8 Å². The lowest BCUT2D eigenvalue weighted by Crippen LogP contribution is -2.27. The zero-order valence-electron chi connectivity index (χ0n) is 11.6. The lowest BCUT2D eigenvalue weighted by atomic mass is 9.89. The number of hydrogen-bond acceptors (Lipinski definition) is 3. The van der Waals surface area contributed by atoms with Gasteiger partial charge in [0.1, 0.15) is 18.2 Å². The Balaban J connectivity index is 1.89. The summed E-state index contributed by atoms with van der Waals surface area (Å²) < 4.78 is 19.1. The Kier molecular flexibility index (Phi) is 2.89. The Morgan fingerprint density at radius 2 is 2.05 bits per heavy atom. The van der Waals surface area contributed by atoms with Crippen molar-refractivity contribution < 1.29 is 13.9 Å². The van der Waals surface area contributed by atoms with E-state index in [9.17, 15) is 9.18 Å². The molecule has 0 fully saturated rings. The van der Waals surface area contributed by atoms with E-state index in [0.29, 0.717) is 27.8 Å². The van der Waals surface area contributed by atoms with Gasteiger partial charge in [-0.05, 0) is 41.1 Å². The van der Waals surface area contributed by atoms with Gasteiger partial charge in [-0.25, -0.2) is 4.39 Å². The van der Waals surface area contributed by atoms with E-state index in [2.05, 4.69) is 4.98 Å². The van der Waals surface area contributed by atoms with Crippen LogP contribution in [0.15, 0.2) is 54.7 Å². The van der Waals surface area contributed by atoms with Gasteiger partial charge in [-0.2, -0.15) is 0 Å². The van der Waals surface area contributed by atoms with Crippen LogP contribution in [0.3, 0.4) is 0 Å². The highest BCUT2D eigenvalue weighted by Gasteiger charge is 2.32. The summed E-state index contributed by atoms with van der Waals surface area (Å²) in [5.41, 5.74) is 1.21. The van der Waals surface area contributed by atoms with Gasteiger partial charge in [-0.3, -0.25) is 9.78 Å². The quantitative estimate of drug-likeness (QED) is 0.686. The summed E-state index contributed by atoms with van der Waals surface area (Å²) in [6.45, 7) is 0.273. The van der Waals surface area contributed by atoms with Gasteiger partial charge in [-0.1, -0.05) is 18.2 Å². The van der Waals surface area contributed by atoms with Gasteiger partial charge in [0.15, 0.2) is 5.78 Å². The highest BCUT2D eigenvalue weighted by Crippen LogP contribution is 2.36. The van der Waals surface area contributed by atoms with Crippen LogP contribution in [0, 0.1) is 5.82 Å². The molecule has 0 aliphatic carbocycles. The van der Waals surface area contributed by atoms with E-state index in [1.54, 1.807) is 24.4 Å². The number of Topliss-reactive ketones (excluding diaryl/α,β-unsaturated/α-hetero) is 1. The standard InChI is InChI=1S/C18H12FNO2/c19-12-5-6-13-11(9-12)4-7-16-17(13)18(21)14(10-22-16)15-3-1-2-8-20-15/h1-9,14H,10H2. The third-order valence-electron chi connectivity index (χ3n) is 3.96. The Labute approximate surface area is 126 Å². The summed E-state index contributed by atoms with van der Waals surface area (Å²) in [6, 6.07) is 13.4. The number of rotatable bonds is 1. The van der Waals surface area contributed by atoms with Gasteiger partial charge < -0.3 is 4.74 Å². The van der Waals surface area contributed by atoms with Gasteiger partial charge in [-0.15, -0.1) is 0 Å². The first-order valence-corrected chi connectivity index (χ1v) is 7.04. The number of ether oxygens (including phenoxy) is 1. The fourth-order valence-electron chi connectivity index (χ4n) is 2.88. The van der Waals surface area contributed by atoms with Gasteiger partial charge in [0.25, 0.3) is 0 Å². The first-order valence-electron chi connectivity index (χ1n) is 7.04. The number of hydrogen-bond donors (Lipinski definition) is 0. The van der Waals surface area contributed by atoms with Crippen LogP contribution < -0.4 is 4.74 Å². The summed E-state index contributed by atoms with van der Waals surface area (Å²) in [7, 11) is 0. The molecule has 1 unspecified atom stereocenters. The van der Waals surface area contributed by atoms with Crippen LogP contribution in [0.2, 0.25) is 0 Å². The lowest BCUT2D eigenvalue weighted by molar-refractivity contribution is 0.0896. The molecule has 0 spiro atoms. The Hall–Kier alpha value is -2.75. The van der Waals surface area contributed by atoms with E-state index in [1.807, 2.05) is 18.2 Å². The number of nitrogens with zero attached hydrogens (tertiary/aromatic N) is 1. The minimum Gasteiger partial charge on any atom is -0.492 e. The molecule has 1 aliphatic heterocycles. The third-order valence-corrected chi connectivity index (χ3v) is 3.96. The molecule has 22 heavy (non-hydrogen) atoms. The molecular weight excluding hydrogens is 281 g/mol. The van der Waals surface area contributed by atoms with E-state index >= 15 is 0 Å². The SMILES string of the molecule is O=C1c2c(ccc3cc(F)ccc23)OCC1c1ccccn1. The largest absolute Gasteiger partial charge is 0.492 e. The van der Waals surface area contributed by atoms with Crippen LogP contribution in [0.25, 0.3) is 10.8 Å². The van der Waals surface area contributed by atoms with E-state index in [0.717, 1.165) is 0 Å². The maximum Gasteiger partial charge on any atom is 0.179 e. The molecule has 4 rings (SSSR count). The smallest absolute Gasteiger partial charge is 0.179 e. The maximum absolute atomic E-state index is 13.4. The summed E-state index contributed by atoms with van der Waals surface area (Å²) in [4.78, 5) is 17.2. The normalized spacial score (nSPS) is 17.1. The summed E-state index contributed by atoms with van der Waals surface area (Å²) in [5.74, 6) is -0.226. The number of benzene rings is 2. The predicted molar refractivity (Wildman–Crippen MR) is 80.7 cm³/mol. The first-order chi connectivity index (χ1) is 10.7. The van der Waals surface area contributed by atoms with Gasteiger partial charge in [0.05, 0.1) is 17.2 Å². The van der Waals surface area contributed by atoms with Crippen molar-refractivity contribution in [2.45, 2.75) is 5.92 Å². The van der Waals surface area contributed by atoms with Crippen molar-refractivity contribution in [3.8, 4) is 5.75 Å². The average molecular weight is 293 g/mol. The second-order valence-electron chi connectivity index (χ2n) is 5.29. The van der Waals surface area contributed by atoms with Gasteiger partial charge in [0, 0.05) is 6.20 Å². The van der Waals surface area contributed by atoms with E-state index in [1.165, 1.54) is 12.1 Å². The number of halogens is 1. The summed E-state index contributed by atoms with van der Waals surface area (Å²) in [5, 5.41) is 1.40. The number of ketones is 1. The molecule has 0 saturated carbocycles. The maximum atomic E-state index is 13.4. The second kappa shape index (κ2) is 4.91. The molecule has 3 aromatic rings. The Morgan fingerprint density at radius 1 is 1.14 bits per heavy atom. The van der Waals surface area contributed by atoms with Crippen molar-refractivity contribution >= 4 is 16.6 Å². The molecule has 0 saturated heterocycles. The first kappa shape index (κ1) is 13.0. The molecule has 1 aliphatic rings. The number of pyridine rings is 1. The van der Waals surface area contributed by atoms with E-state index in [4.69, 9.17) is 4.74 Å². The molecule has 108 valence electrons. The average Bonchev–Trinajstić information content (AvgIpc) is 2.55. The van der Waals surface area contributed by atoms with Crippen LogP contribution in [0.1, 0.15) is 22.0 Å². The van der Waals surface area contributed by atoms with Crippen LogP contribution in [0.5, 0.6) is 5.75 Å². The van der Waals surface area contributed by atoms with Crippen molar-refractivity contribution in [1.82, 2.24) is 4.98 Å². The third kappa shape index (κ3) is 1.96. The van der Waals surface area contributed by atoms with E-state index in [-0.39, 0.29) is 18.2 Å². The number of carbonyl (C=O) groups is 1. The van der Waals surface area contributed by atoms with Crippen molar-refractivity contribution in [3.63, 3.8) is 0 Å². The summed E-state index contributed by atoms with van der Waals surface area (Å²) in [6.07, 6.45) is 1.66. The number of carbonyl (C=O) groups excluding carboxylic acids is 1. The molecule has 2 aromatic carbocycles. The topological polar surface area (TPSA) is 39.2 Å². The van der Waals surface area contributed by atoms with Crippen molar-refractivity contribution in [2.75, 3.05) is 6.61 Å². The molecule has 3 nitrogen and oxygen atoms in total. The zero-order chi connectivity index (χ0) is 15.1. The second-order valence-corrected chi connectivity index (χ2v) is 5.29. The molecule has 2 heterocycles.